The third-order valence-electron chi connectivity index (χ3n) is 1.95. The fourth-order valence-electron chi connectivity index (χ4n) is 1.31. The molecule has 0 bridgehead atoms. The number of thiocarbonyl (C=S) groups is 1. The highest BCUT2D eigenvalue weighted by atomic mass is 32.1. The van der Waals surface area contributed by atoms with Crippen molar-refractivity contribution < 1.29 is 19.8 Å². The SMILES string of the molecule is NC(=S)Nc1ccc(CC(=O)O)c(C(=O)O)c1. The van der Waals surface area contributed by atoms with E-state index in [1.165, 1.54) is 18.2 Å². The normalized spacial score (nSPS) is 9.65. The molecule has 0 aliphatic heterocycles. The molecule has 0 saturated carbocycles. The van der Waals surface area contributed by atoms with Crippen molar-refractivity contribution in [1.29, 1.82) is 0 Å². The van der Waals surface area contributed by atoms with Crippen molar-refractivity contribution in [3.8, 4) is 0 Å². The average Bonchev–Trinajstić information content (AvgIpc) is 2.18. The van der Waals surface area contributed by atoms with Crippen LogP contribution in [0.25, 0.3) is 0 Å². The molecule has 0 unspecified atom stereocenters. The van der Waals surface area contributed by atoms with Gasteiger partial charge in [-0.15, -0.1) is 0 Å². The van der Waals surface area contributed by atoms with Crippen LogP contribution in [0.15, 0.2) is 18.2 Å². The number of anilines is 1. The maximum atomic E-state index is 11.0. The molecule has 5 N–H and O–H groups in total. The van der Waals surface area contributed by atoms with E-state index in [2.05, 4.69) is 17.5 Å². The standard InChI is InChI=1S/C10H10N2O4S/c11-10(17)12-6-2-1-5(3-8(13)14)7(4-6)9(15)16/h1-2,4H,3H2,(H,13,14)(H,15,16)(H3,11,12,17). The van der Waals surface area contributed by atoms with Crippen LogP contribution in [-0.4, -0.2) is 27.3 Å². The monoisotopic (exact) mass is 254 g/mol. The molecule has 7 heteroatoms. The number of aliphatic carboxylic acids is 1. The van der Waals surface area contributed by atoms with Gasteiger partial charge in [-0.2, -0.15) is 0 Å². The van der Waals surface area contributed by atoms with E-state index in [-0.39, 0.29) is 22.7 Å². The van der Waals surface area contributed by atoms with E-state index < -0.39 is 11.9 Å². The van der Waals surface area contributed by atoms with Crippen LogP contribution in [0.5, 0.6) is 0 Å². The second-order valence-corrected chi connectivity index (χ2v) is 3.68. The number of carbonyl (C=O) groups is 2. The van der Waals surface area contributed by atoms with Crippen molar-refractivity contribution in [2.24, 2.45) is 5.73 Å². The van der Waals surface area contributed by atoms with Crippen molar-refractivity contribution in [2.45, 2.75) is 6.42 Å². The summed E-state index contributed by atoms with van der Waals surface area (Å²) >= 11 is 4.61. The van der Waals surface area contributed by atoms with Gasteiger partial charge in [0.05, 0.1) is 12.0 Å². The van der Waals surface area contributed by atoms with E-state index in [0.717, 1.165) is 0 Å². The summed E-state index contributed by atoms with van der Waals surface area (Å²) in [6.07, 6.45) is -0.352. The Morgan fingerprint density at radius 3 is 2.47 bits per heavy atom. The second kappa shape index (κ2) is 5.26. The van der Waals surface area contributed by atoms with Crippen molar-refractivity contribution in [3.05, 3.63) is 29.3 Å². The Morgan fingerprint density at radius 2 is 2.00 bits per heavy atom. The average molecular weight is 254 g/mol. The second-order valence-electron chi connectivity index (χ2n) is 3.24. The number of hydrogen-bond donors (Lipinski definition) is 4. The maximum absolute atomic E-state index is 11.0. The van der Waals surface area contributed by atoms with Gasteiger partial charge in [-0.3, -0.25) is 4.79 Å². The topological polar surface area (TPSA) is 113 Å². The van der Waals surface area contributed by atoms with E-state index in [4.69, 9.17) is 15.9 Å². The van der Waals surface area contributed by atoms with Crippen molar-refractivity contribution >= 4 is 35.0 Å². The van der Waals surface area contributed by atoms with Gasteiger partial charge in [0, 0.05) is 5.69 Å². The van der Waals surface area contributed by atoms with E-state index in [0.29, 0.717) is 5.69 Å². The van der Waals surface area contributed by atoms with Crippen LogP contribution in [0.1, 0.15) is 15.9 Å². The Kier molecular flexibility index (Phi) is 4.00. The van der Waals surface area contributed by atoms with Gasteiger partial charge in [0.25, 0.3) is 0 Å². The zero-order valence-electron chi connectivity index (χ0n) is 8.64. The first kappa shape index (κ1) is 12.9. The lowest BCUT2D eigenvalue weighted by atomic mass is 10.0. The van der Waals surface area contributed by atoms with Gasteiger partial charge in [-0.05, 0) is 29.9 Å². The Bertz CT molecular complexity index is 487. The molecule has 6 nitrogen and oxygen atoms in total. The van der Waals surface area contributed by atoms with Gasteiger partial charge in [0.2, 0.25) is 0 Å². The number of nitrogens with two attached hydrogens (primary N) is 1. The summed E-state index contributed by atoms with van der Waals surface area (Å²) in [6.45, 7) is 0. The maximum Gasteiger partial charge on any atom is 0.336 e. The molecule has 1 rings (SSSR count). The van der Waals surface area contributed by atoms with E-state index >= 15 is 0 Å². The van der Waals surface area contributed by atoms with Gasteiger partial charge in [-0.1, -0.05) is 6.07 Å². The molecule has 0 spiro atoms. The Balaban J connectivity index is 3.12. The summed E-state index contributed by atoms with van der Waals surface area (Å²) < 4.78 is 0. The highest BCUT2D eigenvalue weighted by molar-refractivity contribution is 7.80. The summed E-state index contributed by atoms with van der Waals surface area (Å²) in [5.74, 6) is -2.30. The van der Waals surface area contributed by atoms with Gasteiger partial charge in [-0.25, -0.2) is 4.79 Å². The molecule has 0 amide bonds. The number of carboxylic acids is 2. The molecule has 0 atom stereocenters. The van der Waals surface area contributed by atoms with E-state index in [1.54, 1.807) is 0 Å². The van der Waals surface area contributed by atoms with Crippen LogP contribution in [0, 0.1) is 0 Å². The quantitative estimate of drug-likeness (QED) is 0.584. The van der Waals surface area contributed by atoms with Gasteiger partial charge < -0.3 is 21.3 Å². The Labute approximate surface area is 102 Å². The lowest BCUT2D eigenvalue weighted by Gasteiger charge is -2.08. The molecule has 0 aromatic heterocycles. The third kappa shape index (κ3) is 3.72. The minimum Gasteiger partial charge on any atom is -0.481 e. The van der Waals surface area contributed by atoms with Crippen LogP contribution in [0.3, 0.4) is 0 Å². The number of aromatic carboxylic acids is 1. The first-order valence-electron chi connectivity index (χ1n) is 4.54. The number of nitrogens with one attached hydrogen (secondary N) is 1. The minimum atomic E-state index is -1.20. The summed E-state index contributed by atoms with van der Waals surface area (Å²) in [4.78, 5) is 21.5. The van der Waals surface area contributed by atoms with Gasteiger partial charge in [0.1, 0.15) is 0 Å². The molecule has 0 aliphatic rings. The predicted octanol–water partition coefficient (Wildman–Crippen LogP) is 0.667. The molecule has 90 valence electrons. The first-order valence-corrected chi connectivity index (χ1v) is 4.95. The van der Waals surface area contributed by atoms with Crippen molar-refractivity contribution in [2.75, 3.05) is 5.32 Å². The van der Waals surface area contributed by atoms with Crippen LogP contribution >= 0.6 is 12.2 Å². The van der Waals surface area contributed by atoms with Crippen LogP contribution in [-0.2, 0) is 11.2 Å². The van der Waals surface area contributed by atoms with Crippen molar-refractivity contribution in [1.82, 2.24) is 0 Å². The summed E-state index contributed by atoms with van der Waals surface area (Å²) in [7, 11) is 0. The van der Waals surface area contributed by atoms with E-state index in [1.807, 2.05) is 0 Å². The van der Waals surface area contributed by atoms with Crippen LogP contribution in [0.4, 0.5) is 5.69 Å². The van der Waals surface area contributed by atoms with Gasteiger partial charge >= 0.3 is 11.9 Å². The van der Waals surface area contributed by atoms with Crippen molar-refractivity contribution in [3.63, 3.8) is 0 Å². The van der Waals surface area contributed by atoms with Gasteiger partial charge in [0.15, 0.2) is 5.11 Å². The molecule has 0 saturated heterocycles. The lowest BCUT2D eigenvalue weighted by molar-refractivity contribution is -0.136. The molecule has 0 heterocycles. The molecule has 1 aromatic rings. The number of benzene rings is 1. The molecule has 17 heavy (non-hydrogen) atoms. The molecule has 1 aromatic carbocycles. The highest BCUT2D eigenvalue weighted by Crippen LogP contribution is 2.16. The lowest BCUT2D eigenvalue weighted by Crippen LogP contribution is -2.19. The summed E-state index contributed by atoms with van der Waals surface area (Å²) in [5, 5.41) is 20.2. The number of hydrogen-bond acceptors (Lipinski definition) is 3. The largest absolute Gasteiger partial charge is 0.481 e. The molecule has 0 aliphatic carbocycles. The number of rotatable bonds is 4. The Hall–Kier alpha value is -2.15. The van der Waals surface area contributed by atoms with Crippen LogP contribution in [0.2, 0.25) is 0 Å². The zero-order chi connectivity index (χ0) is 13.0. The number of carboxylic acid groups (broad SMARTS) is 2. The fraction of sp³-hybridized carbons (Fsp3) is 0.100. The van der Waals surface area contributed by atoms with Crippen LogP contribution < -0.4 is 11.1 Å². The highest BCUT2D eigenvalue weighted by Gasteiger charge is 2.13. The summed E-state index contributed by atoms with van der Waals surface area (Å²) in [5.41, 5.74) is 5.79. The summed E-state index contributed by atoms with van der Waals surface area (Å²) in [6, 6.07) is 4.22. The van der Waals surface area contributed by atoms with E-state index in [9.17, 15) is 9.59 Å². The molecule has 0 radical (unpaired) electrons. The smallest absolute Gasteiger partial charge is 0.336 e. The molecular weight excluding hydrogens is 244 g/mol. The third-order valence-corrected chi connectivity index (χ3v) is 2.05. The molecule has 0 fully saturated rings. The minimum absolute atomic E-state index is 0.00678. The molecular formula is C10H10N2O4S. The zero-order valence-corrected chi connectivity index (χ0v) is 9.45. The fourth-order valence-corrected chi connectivity index (χ4v) is 1.43. The Morgan fingerprint density at radius 1 is 1.35 bits per heavy atom. The first-order chi connectivity index (χ1) is 7.90. The predicted molar refractivity (Wildman–Crippen MR) is 65.1 cm³/mol.